The van der Waals surface area contributed by atoms with Crippen LogP contribution in [0.25, 0.3) is 0 Å². The fourth-order valence-electron chi connectivity index (χ4n) is 3.72. The van der Waals surface area contributed by atoms with E-state index < -0.39 is 5.82 Å². The number of pyridine rings is 1. The molecule has 2 fully saturated rings. The van der Waals surface area contributed by atoms with Crippen LogP contribution in [0.2, 0.25) is 0 Å². The molecule has 0 spiro atoms. The van der Waals surface area contributed by atoms with Crippen LogP contribution in [0.3, 0.4) is 0 Å². The van der Waals surface area contributed by atoms with E-state index in [0.717, 1.165) is 19.0 Å². The number of carbonyl (C=O) groups is 2. The average Bonchev–Trinajstić information content (AvgIpc) is 3.30. The first-order valence-corrected chi connectivity index (χ1v) is 7.79. The lowest BCUT2D eigenvalue weighted by Gasteiger charge is -2.25. The van der Waals surface area contributed by atoms with Crippen LogP contribution in [-0.2, 0) is 0 Å². The van der Waals surface area contributed by atoms with E-state index in [-0.39, 0.29) is 41.3 Å². The van der Waals surface area contributed by atoms with Crippen LogP contribution in [0.4, 0.5) is 4.39 Å². The molecule has 4 heterocycles. The van der Waals surface area contributed by atoms with E-state index in [1.807, 2.05) is 0 Å². The van der Waals surface area contributed by atoms with Crippen LogP contribution in [0, 0.1) is 5.82 Å². The normalized spacial score (nSPS) is 25.0. The van der Waals surface area contributed by atoms with Crippen LogP contribution in [0.1, 0.15) is 40.2 Å². The molecule has 2 saturated heterocycles. The summed E-state index contributed by atoms with van der Waals surface area (Å²) in [6, 6.07) is 2.57. The fraction of sp³-hybridized carbons (Fsp3) is 0.375. The van der Waals surface area contributed by atoms with Crippen molar-refractivity contribution in [2.75, 3.05) is 0 Å². The van der Waals surface area contributed by atoms with Gasteiger partial charge in [0.15, 0.2) is 5.82 Å². The molecule has 1 N–H and O–H groups in total. The predicted octanol–water partition coefficient (Wildman–Crippen LogP) is 1.38. The van der Waals surface area contributed by atoms with Crippen LogP contribution in [0.5, 0.6) is 0 Å². The summed E-state index contributed by atoms with van der Waals surface area (Å²) < 4.78 is 18.7. The van der Waals surface area contributed by atoms with E-state index in [9.17, 15) is 14.0 Å². The van der Waals surface area contributed by atoms with Crippen molar-refractivity contribution in [1.82, 2.24) is 20.4 Å². The maximum Gasteiger partial charge on any atom is 0.290 e. The van der Waals surface area contributed by atoms with E-state index in [1.54, 1.807) is 4.90 Å². The molecule has 2 aromatic heterocycles. The minimum absolute atomic E-state index is 0.00934. The molecule has 124 valence electrons. The molecule has 7 nitrogen and oxygen atoms in total. The Bertz CT molecular complexity index is 779. The number of amides is 2. The zero-order valence-electron chi connectivity index (χ0n) is 12.7. The number of halogens is 1. The Hall–Kier alpha value is -2.77. The molecule has 0 radical (unpaired) electrons. The third-order valence-corrected chi connectivity index (χ3v) is 4.75. The first kappa shape index (κ1) is 14.8. The van der Waals surface area contributed by atoms with E-state index in [4.69, 9.17) is 4.52 Å². The van der Waals surface area contributed by atoms with Crippen LogP contribution >= 0.6 is 0 Å². The molecule has 2 amide bonds. The smallest absolute Gasteiger partial charge is 0.290 e. The van der Waals surface area contributed by atoms with Gasteiger partial charge in [-0.1, -0.05) is 5.16 Å². The number of fused-ring (bicyclic) bond motifs is 2. The third-order valence-electron chi connectivity index (χ3n) is 4.75. The molecule has 8 heteroatoms. The lowest BCUT2D eigenvalue weighted by Crippen LogP contribution is -2.45. The second-order valence-electron chi connectivity index (χ2n) is 6.06. The summed E-state index contributed by atoms with van der Waals surface area (Å²) in [7, 11) is 0. The highest BCUT2D eigenvalue weighted by atomic mass is 19.1. The molecular weight excluding hydrogens is 315 g/mol. The summed E-state index contributed by atoms with van der Waals surface area (Å²) in [5, 5.41) is 6.40. The summed E-state index contributed by atoms with van der Waals surface area (Å²) >= 11 is 0. The van der Waals surface area contributed by atoms with E-state index in [0.29, 0.717) is 6.42 Å². The second kappa shape index (κ2) is 5.70. The van der Waals surface area contributed by atoms with Crippen molar-refractivity contribution in [1.29, 1.82) is 0 Å². The highest BCUT2D eigenvalue weighted by Gasteiger charge is 2.49. The molecule has 2 aliphatic rings. The monoisotopic (exact) mass is 330 g/mol. The molecule has 0 aromatic carbocycles. The second-order valence-corrected chi connectivity index (χ2v) is 6.06. The Labute approximate surface area is 136 Å². The van der Waals surface area contributed by atoms with Gasteiger partial charge in [-0.2, -0.15) is 0 Å². The number of hydrogen-bond acceptors (Lipinski definition) is 5. The van der Waals surface area contributed by atoms with Gasteiger partial charge in [-0.3, -0.25) is 14.6 Å². The summed E-state index contributed by atoms with van der Waals surface area (Å²) in [6.07, 6.45) is 6.13. The van der Waals surface area contributed by atoms with Crippen molar-refractivity contribution >= 4 is 11.8 Å². The Balaban J connectivity index is 1.52. The number of nitrogens with zero attached hydrogens (tertiary/aromatic N) is 3. The molecule has 2 bridgehead atoms. The molecule has 2 aromatic rings. The first-order valence-electron chi connectivity index (χ1n) is 7.79. The van der Waals surface area contributed by atoms with Crippen LogP contribution in [-0.4, -0.2) is 45.0 Å². The lowest BCUT2D eigenvalue weighted by atomic mass is 9.95. The van der Waals surface area contributed by atoms with E-state index in [1.165, 1.54) is 24.5 Å². The molecule has 4 rings (SSSR count). The topological polar surface area (TPSA) is 88.3 Å². The van der Waals surface area contributed by atoms with E-state index in [2.05, 4.69) is 15.5 Å². The molecule has 3 atom stereocenters. The first-order chi connectivity index (χ1) is 11.6. The minimum atomic E-state index is -0.629. The summed E-state index contributed by atoms with van der Waals surface area (Å²) in [4.78, 5) is 30.2. The quantitative estimate of drug-likeness (QED) is 0.918. The number of hydrogen-bond donors (Lipinski definition) is 1. The van der Waals surface area contributed by atoms with E-state index >= 15 is 0 Å². The zero-order valence-corrected chi connectivity index (χ0v) is 12.7. The standard InChI is InChI=1S/C16H15FN4O3/c17-11-8-18-5-3-10(11)16(23)21-9-1-2-13(21)12(7-9)20-15(22)14-4-6-19-24-14/h3-6,8-9,12-13H,1-2,7H2,(H,20,22)/t9?,12-,13?/m1/s1. The van der Waals surface area contributed by atoms with Crippen molar-refractivity contribution in [3.63, 3.8) is 0 Å². The summed E-state index contributed by atoms with van der Waals surface area (Å²) in [6.45, 7) is 0. The molecular formula is C16H15FN4O3. The highest BCUT2D eigenvalue weighted by Crippen LogP contribution is 2.39. The Morgan fingerprint density at radius 2 is 2.17 bits per heavy atom. The van der Waals surface area contributed by atoms with Crippen molar-refractivity contribution in [2.24, 2.45) is 0 Å². The maximum atomic E-state index is 13.9. The molecule has 24 heavy (non-hydrogen) atoms. The minimum Gasteiger partial charge on any atom is -0.351 e. The van der Waals surface area contributed by atoms with Gasteiger partial charge < -0.3 is 14.7 Å². The van der Waals surface area contributed by atoms with Gasteiger partial charge in [0.1, 0.15) is 0 Å². The molecule has 0 aliphatic carbocycles. The van der Waals surface area contributed by atoms with Gasteiger partial charge in [-0.05, 0) is 25.3 Å². The summed E-state index contributed by atoms with van der Waals surface area (Å²) in [5.41, 5.74) is 0.0177. The predicted molar refractivity (Wildman–Crippen MR) is 79.5 cm³/mol. The van der Waals surface area contributed by atoms with Gasteiger partial charge >= 0.3 is 0 Å². The van der Waals surface area contributed by atoms with Crippen molar-refractivity contribution < 1.29 is 18.5 Å². The number of aromatic nitrogens is 2. The van der Waals surface area contributed by atoms with Crippen molar-refractivity contribution in [2.45, 2.75) is 37.4 Å². The molecule has 0 saturated carbocycles. The lowest BCUT2D eigenvalue weighted by molar-refractivity contribution is 0.0710. The largest absolute Gasteiger partial charge is 0.351 e. The average molecular weight is 330 g/mol. The van der Waals surface area contributed by atoms with Crippen molar-refractivity contribution in [3.05, 3.63) is 47.9 Å². The molecule has 2 unspecified atom stereocenters. The number of rotatable bonds is 3. The Kier molecular flexibility index (Phi) is 3.51. The van der Waals surface area contributed by atoms with Crippen molar-refractivity contribution in [3.8, 4) is 0 Å². The van der Waals surface area contributed by atoms with Crippen LogP contribution in [0.15, 0.2) is 35.2 Å². The highest BCUT2D eigenvalue weighted by molar-refractivity contribution is 5.95. The third kappa shape index (κ3) is 2.34. The Morgan fingerprint density at radius 1 is 1.29 bits per heavy atom. The van der Waals surface area contributed by atoms with Gasteiger partial charge in [0.25, 0.3) is 11.8 Å². The van der Waals surface area contributed by atoms with Crippen LogP contribution < -0.4 is 5.32 Å². The Morgan fingerprint density at radius 3 is 2.92 bits per heavy atom. The van der Waals surface area contributed by atoms with Gasteiger partial charge in [-0.25, -0.2) is 4.39 Å². The number of carbonyl (C=O) groups excluding carboxylic acids is 2. The van der Waals surface area contributed by atoms with Gasteiger partial charge in [0.2, 0.25) is 5.76 Å². The fourth-order valence-corrected chi connectivity index (χ4v) is 3.72. The zero-order chi connectivity index (χ0) is 16.7. The van der Waals surface area contributed by atoms with Gasteiger partial charge in [0, 0.05) is 18.3 Å². The maximum absolute atomic E-state index is 13.9. The summed E-state index contributed by atoms with van der Waals surface area (Å²) in [5.74, 6) is -1.20. The van der Waals surface area contributed by atoms with Gasteiger partial charge in [0.05, 0.1) is 30.0 Å². The van der Waals surface area contributed by atoms with Gasteiger partial charge in [-0.15, -0.1) is 0 Å². The SMILES string of the molecule is O=C(N[C@@H]1CC2CCC1N2C(=O)c1ccncc1F)c1ccno1. The number of nitrogens with one attached hydrogen (secondary N) is 1. The molecule has 2 aliphatic heterocycles.